The highest BCUT2D eigenvalue weighted by Crippen LogP contribution is 2.45. The summed E-state index contributed by atoms with van der Waals surface area (Å²) < 4.78 is 5.51. The van der Waals surface area contributed by atoms with Crippen molar-refractivity contribution in [3.05, 3.63) is 34.3 Å². The Morgan fingerprint density at radius 3 is 2.75 bits per heavy atom. The molecule has 1 saturated carbocycles. The molecule has 0 aromatic heterocycles. The molecule has 3 aliphatic rings. The molecule has 0 spiro atoms. The van der Waals surface area contributed by atoms with Gasteiger partial charge in [-0.1, -0.05) is 31.5 Å². The lowest BCUT2D eigenvalue weighted by Gasteiger charge is -2.39. The van der Waals surface area contributed by atoms with Crippen molar-refractivity contribution in [3.8, 4) is 0 Å². The van der Waals surface area contributed by atoms with Crippen molar-refractivity contribution < 1.29 is 14.8 Å². The lowest BCUT2D eigenvalue weighted by Crippen LogP contribution is -2.95. The van der Waals surface area contributed by atoms with Crippen LogP contribution in [-0.4, -0.2) is 42.6 Å². The van der Waals surface area contributed by atoms with Gasteiger partial charge in [0.1, 0.15) is 0 Å². The second-order valence-electron chi connectivity index (χ2n) is 9.35. The van der Waals surface area contributed by atoms with Crippen molar-refractivity contribution in [2.75, 3.05) is 19.8 Å². The minimum atomic E-state index is -0.206. The van der Waals surface area contributed by atoms with Crippen LogP contribution in [0.3, 0.4) is 0 Å². The van der Waals surface area contributed by atoms with Gasteiger partial charge in [0.25, 0.3) is 0 Å². The maximum absolute atomic E-state index is 13.8. The van der Waals surface area contributed by atoms with Crippen LogP contribution >= 0.6 is 11.6 Å². The summed E-state index contributed by atoms with van der Waals surface area (Å²) in [5.74, 6) is 0.741. The van der Waals surface area contributed by atoms with E-state index in [-0.39, 0.29) is 5.41 Å². The van der Waals surface area contributed by atoms with E-state index < -0.39 is 0 Å². The zero-order valence-electron chi connectivity index (χ0n) is 17.3. The SMILES string of the molecule is CC(C)C1(C(=O)N2CCc3ccc(Cl)cc3C2)CCC([NH2+]C2CCOCC2)C1. The molecule has 4 rings (SSSR count). The summed E-state index contributed by atoms with van der Waals surface area (Å²) in [7, 11) is 0. The van der Waals surface area contributed by atoms with Crippen molar-refractivity contribution in [1.82, 2.24) is 4.90 Å². The minimum absolute atomic E-state index is 0.206. The third-order valence-electron chi connectivity index (χ3n) is 7.40. The molecule has 1 aromatic rings. The van der Waals surface area contributed by atoms with Crippen LogP contribution in [0.1, 0.15) is 57.1 Å². The molecule has 2 atom stereocenters. The average Bonchev–Trinajstić information content (AvgIpc) is 3.13. The van der Waals surface area contributed by atoms with E-state index in [9.17, 15) is 4.79 Å². The van der Waals surface area contributed by atoms with E-state index in [0.29, 0.717) is 30.5 Å². The summed E-state index contributed by atoms with van der Waals surface area (Å²) in [5.41, 5.74) is 2.35. The van der Waals surface area contributed by atoms with Gasteiger partial charge in [-0.2, -0.15) is 0 Å². The third-order valence-corrected chi connectivity index (χ3v) is 7.63. The summed E-state index contributed by atoms with van der Waals surface area (Å²) in [6.45, 7) is 7.79. The second kappa shape index (κ2) is 8.33. The Morgan fingerprint density at radius 1 is 1.21 bits per heavy atom. The van der Waals surface area contributed by atoms with Gasteiger partial charge < -0.3 is 15.0 Å². The normalized spacial score (nSPS) is 28.6. The van der Waals surface area contributed by atoms with Crippen LogP contribution in [0.15, 0.2) is 18.2 Å². The molecule has 2 heterocycles. The Balaban J connectivity index is 1.46. The molecule has 28 heavy (non-hydrogen) atoms. The number of halogens is 1. The molecule has 154 valence electrons. The number of fused-ring (bicyclic) bond motifs is 1. The van der Waals surface area contributed by atoms with Gasteiger partial charge in [-0.05, 0) is 42.0 Å². The monoisotopic (exact) mass is 405 g/mol. The summed E-state index contributed by atoms with van der Waals surface area (Å²) in [6, 6.07) is 7.35. The van der Waals surface area contributed by atoms with Crippen molar-refractivity contribution >= 4 is 17.5 Å². The molecule has 2 fully saturated rings. The quantitative estimate of drug-likeness (QED) is 0.836. The molecule has 2 aliphatic heterocycles. The molecule has 4 nitrogen and oxygen atoms in total. The number of quaternary nitrogens is 1. The first kappa shape index (κ1) is 20.2. The zero-order chi connectivity index (χ0) is 19.7. The number of nitrogens with two attached hydrogens (primary N) is 1. The molecule has 1 aliphatic carbocycles. The highest BCUT2D eigenvalue weighted by atomic mass is 35.5. The van der Waals surface area contributed by atoms with E-state index >= 15 is 0 Å². The number of amides is 1. The highest BCUT2D eigenvalue weighted by molar-refractivity contribution is 6.30. The van der Waals surface area contributed by atoms with Gasteiger partial charge in [-0.25, -0.2) is 0 Å². The van der Waals surface area contributed by atoms with Crippen LogP contribution < -0.4 is 5.32 Å². The first-order valence-electron chi connectivity index (χ1n) is 11.0. The predicted octanol–water partition coefficient (Wildman–Crippen LogP) is 3.16. The van der Waals surface area contributed by atoms with Gasteiger partial charge >= 0.3 is 0 Å². The van der Waals surface area contributed by atoms with Crippen LogP contribution in [0, 0.1) is 11.3 Å². The molecule has 1 saturated heterocycles. The molecule has 2 N–H and O–H groups in total. The summed E-state index contributed by atoms with van der Waals surface area (Å²) in [4.78, 5) is 15.9. The van der Waals surface area contributed by atoms with Crippen LogP contribution in [0.25, 0.3) is 0 Å². The number of benzene rings is 1. The molecule has 0 bridgehead atoms. The van der Waals surface area contributed by atoms with Gasteiger partial charge in [0.05, 0.1) is 30.7 Å². The number of ether oxygens (including phenoxy) is 1. The Labute approximate surface area is 174 Å². The number of hydrogen-bond acceptors (Lipinski definition) is 2. The van der Waals surface area contributed by atoms with E-state index in [2.05, 4.69) is 30.1 Å². The molecule has 1 aromatic carbocycles. The van der Waals surface area contributed by atoms with Gasteiger partial charge in [-0.3, -0.25) is 4.79 Å². The maximum Gasteiger partial charge on any atom is 0.229 e. The van der Waals surface area contributed by atoms with Crippen LogP contribution in [0.4, 0.5) is 0 Å². The Bertz CT molecular complexity index is 717. The number of nitrogens with zero attached hydrogens (tertiary/aromatic N) is 1. The van der Waals surface area contributed by atoms with Crippen molar-refractivity contribution in [1.29, 1.82) is 0 Å². The van der Waals surface area contributed by atoms with Gasteiger partial charge in [0.15, 0.2) is 0 Å². The first-order chi connectivity index (χ1) is 13.5. The van der Waals surface area contributed by atoms with E-state index in [4.69, 9.17) is 16.3 Å². The van der Waals surface area contributed by atoms with Gasteiger partial charge in [-0.15, -0.1) is 0 Å². The molecular weight excluding hydrogens is 372 g/mol. The number of rotatable bonds is 4. The molecular formula is C23H34ClN2O2+. The van der Waals surface area contributed by atoms with Gasteiger partial charge in [0, 0.05) is 43.8 Å². The molecule has 0 radical (unpaired) electrons. The summed E-state index contributed by atoms with van der Waals surface area (Å²) >= 11 is 6.20. The van der Waals surface area contributed by atoms with E-state index in [1.165, 1.54) is 11.1 Å². The summed E-state index contributed by atoms with van der Waals surface area (Å²) in [5, 5.41) is 3.32. The number of carbonyl (C=O) groups is 1. The van der Waals surface area contributed by atoms with Crippen LogP contribution in [0.5, 0.6) is 0 Å². The zero-order valence-corrected chi connectivity index (χ0v) is 18.0. The summed E-state index contributed by atoms with van der Waals surface area (Å²) in [6.07, 6.45) is 6.40. The lowest BCUT2D eigenvalue weighted by molar-refractivity contribution is -0.724. The number of carbonyl (C=O) groups excluding carboxylic acids is 1. The molecule has 1 amide bonds. The van der Waals surface area contributed by atoms with E-state index in [1.54, 1.807) is 0 Å². The fraction of sp³-hybridized carbons (Fsp3) is 0.696. The third kappa shape index (κ3) is 3.96. The average molecular weight is 406 g/mol. The Hall–Kier alpha value is -1.10. The highest BCUT2D eigenvalue weighted by Gasteiger charge is 2.51. The van der Waals surface area contributed by atoms with E-state index in [0.717, 1.165) is 63.3 Å². The van der Waals surface area contributed by atoms with Crippen molar-refractivity contribution in [2.24, 2.45) is 11.3 Å². The van der Waals surface area contributed by atoms with Crippen molar-refractivity contribution in [3.63, 3.8) is 0 Å². The smallest absolute Gasteiger partial charge is 0.229 e. The fourth-order valence-electron chi connectivity index (χ4n) is 5.55. The predicted molar refractivity (Wildman–Crippen MR) is 111 cm³/mol. The van der Waals surface area contributed by atoms with Crippen LogP contribution in [-0.2, 0) is 22.5 Å². The fourth-order valence-corrected chi connectivity index (χ4v) is 5.75. The largest absolute Gasteiger partial charge is 0.381 e. The maximum atomic E-state index is 13.8. The first-order valence-corrected chi connectivity index (χ1v) is 11.3. The molecule has 5 heteroatoms. The second-order valence-corrected chi connectivity index (χ2v) is 9.78. The molecule has 2 unspecified atom stereocenters. The van der Waals surface area contributed by atoms with Gasteiger partial charge in [0.2, 0.25) is 5.91 Å². The Kier molecular flexibility index (Phi) is 6.01. The lowest BCUT2D eigenvalue weighted by atomic mass is 9.73. The van der Waals surface area contributed by atoms with E-state index in [1.807, 2.05) is 12.1 Å². The van der Waals surface area contributed by atoms with Crippen molar-refractivity contribution in [2.45, 2.75) is 71.0 Å². The Morgan fingerprint density at radius 2 is 2.00 bits per heavy atom. The van der Waals surface area contributed by atoms with Crippen LogP contribution in [0.2, 0.25) is 5.02 Å². The minimum Gasteiger partial charge on any atom is -0.381 e. The topological polar surface area (TPSA) is 46.2 Å². The number of hydrogen-bond donors (Lipinski definition) is 1. The standard InChI is InChI=1S/C23H33ClN2O2/c1-16(2)23(9-5-21(14-23)25-20-7-11-28-12-8-20)22(27)26-10-6-17-3-4-19(24)13-18(17)15-26/h3-4,13,16,20-21,25H,5-12,14-15H2,1-2H3/p+1.